The van der Waals surface area contributed by atoms with Crippen LogP contribution in [0.2, 0.25) is 0 Å². The van der Waals surface area contributed by atoms with Crippen LogP contribution in [0.3, 0.4) is 0 Å². The van der Waals surface area contributed by atoms with E-state index in [4.69, 9.17) is 9.47 Å². The van der Waals surface area contributed by atoms with Crippen molar-refractivity contribution >= 4 is 66.4 Å². The van der Waals surface area contributed by atoms with Crippen molar-refractivity contribution in [3.05, 3.63) is 96.6 Å². The third-order valence-corrected chi connectivity index (χ3v) is 5.72. The predicted octanol–water partition coefficient (Wildman–Crippen LogP) is 10.4. The minimum atomic E-state index is -0.528. The zero-order chi connectivity index (χ0) is 28.1. The lowest BCUT2D eigenvalue weighted by Crippen LogP contribution is -1.94. The number of aromatic nitrogens is 2. The number of halogens is 4. The van der Waals surface area contributed by atoms with Crippen LogP contribution in [0.1, 0.15) is 36.2 Å². The molecule has 4 rings (SSSR count). The lowest BCUT2D eigenvalue weighted by Gasteiger charge is -2.06. The minimum absolute atomic E-state index is 0.183. The Bertz CT molecular complexity index is 1110. The molecule has 202 valence electrons. The Balaban J connectivity index is 0.000000234. The standard InChI is InChI=1S/C14H14BrNO.C14H15NO2.Br3P/c1-10(15)14-8-5-12(9-16-14)11-3-6-13(17-2)7-4-11;1-10(16)14-8-5-12(9-15-14)11-3-6-13(17-2)7-4-11;1-4(2)3/h3-10H,1-2H3;3-10,16H,1-2H3;. The molecule has 0 fully saturated rings. The molecular weight excluding hydrogens is 763 g/mol. The summed E-state index contributed by atoms with van der Waals surface area (Å²) in [6.07, 6.45) is 3.14. The maximum atomic E-state index is 9.37. The van der Waals surface area contributed by atoms with Gasteiger partial charge in [0.15, 0.2) is 0 Å². The molecule has 0 aliphatic rings. The summed E-state index contributed by atoms with van der Waals surface area (Å²) < 4.78 is 10.1. The average molecular weight is 792 g/mol. The highest BCUT2D eigenvalue weighted by molar-refractivity contribution is 9.93. The highest BCUT2D eigenvalue weighted by Gasteiger charge is 2.04. The zero-order valence-electron chi connectivity index (χ0n) is 21.4. The molecule has 2 aromatic heterocycles. The second kappa shape index (κ2) is 17.4. The average Bonchev–Trinajstić information content (AvgIpc) is 2.93. The van der Waals surface area contributed by atoms with Crippen LogP contribution in [0.15, 0.2) is 85.2 Å². The summed E-state index contributed by atoms with van der Waals surface area (Å²) in [6.45, 7) is 3.77. The van der Waals surface area contributed by atoms with Crippen molar-refractivity contribution in [1.29, 1.82) is 0 Å². The number of rotatable bonds is 6. The van der Waals surface area contributed by atoms with Crippen LogP contribution in [-0.4, -0.2) is 29.3 Å². The van der Waals surface area contributed by atoms with Gasteiger partial charge in [-0.05, 0) is 108 Å². The molecule has 0 saturated heterocycles. The van der Waals surface area contributed by atoms with Gasteiger partial charge in [-0.1, -0.05) is 52.3 Å². The molecule has 2 aromatic carbocycles. The number of methoxy groups -OCH3 is 2. The van der Waals surface area contributed by atoms with Crippen molar-refractivity contribution in [2.75, 3.05) is 14.2 Å². The Hall–Kier alpha value is -1.35. The summed E-state index contributed by atoms with van der Waals surface area (Å²) >= 11 is 13.0. The molecule has 0 saturated carbocycles. The van der Waals surface area contributed by atoms with Gasteiger partial charge >= 0.3 is 0 Å². The lowest BCUT2D eigenvalue weighted by molar-refractivity contribution is 0.194. The molecule has 0 spiro atoms. The predicted molar refractivity (Wildman–Crippen MR) is 174 cm³/mol. The fourth-order valence-corrected chi connectivity index (χ4v) is 3.47. The van der Waals surface area contributed by atoms with E-state index in [0.29, 0.717) is 5.69 Å². The fraction of sp³-hybridized carbons (Fsp3) is 0.214. The summed E-state index contributed by atoms with van der Waals surface area (Å²) in [7, 11) is 3.32. The van der Waals surface area contributed by atoms with Crippen LogP contribution in [0.4, 0.5) is 0 Å². The second-order valence-electron chi connectivity index (χ2n) is 7.88. The number of aliphatic hydroxyl groups excluding tert-OH is 1. The Morgan fingerprint density at radius 1 is 0.632 bits per heavy atom. The normalized spacial score (nSPS) is 11.8. The van der Waals surface area contributed by atoms with Crippen molar-refractivity contribution < 1.29 is 14.6 Å². The summed E-state index contributed by atoms with van der Waals surface area (Å²) in [6, 6.07) is 23.7. The van der Waals surface area contributed by atoms with E-state index in [1.807, 2.05) is 72.9 Å². The largest absolute Gasteiger partial charge is 0.497 e. The summed E-state index contributed by atoms with van der Waals surface area (Å²) in [4.78, 5) is 8.92. The van der Waals surface area contributed by atoms with Gasteiger partial charge in [0, 0.05) is 23.5 Å². The molecule has 2 heterocycles. The molecule has 38 heavy (non-hydrogen) atoms. The first kappa shape index (κ1) is 32.9. The van der Waals surface area contributed by atoms with E-state index in [9.17, 15) is 5.11 Å². The number of benzene rings is 2. The number of hydrogen-bond donors (Lipinski definition) is 1. The van der Waals surface area contributed by atoms with Crippen molar-refractivity contribution in [3.63, 3.8) is 0 Å². The van der Waals surface area contributed by atoms with Crippen LogP contribution < -0.4 is 9.47 Å². The van der Waals surface area contributed by atoms with Gasteiger partial charge in [0.2, 0.25) is 0 Å². The molecule has 2 atom stereocenters. The first-order valence-electron chi connectivity index (χ1n) is 11.4. The van der Waals surface area contributed by atoms with E-state index in [1.165, 1.54) is 0 Å². The number of pyridine rings is 2. The van der Waals surface area contributed by atoms with Crippen molar-refractivity contribution in [3.8, 4) is 33.8 Å². The number of alkyl halides is 1. The highest BCUT2D eigenvalue weighted by Crippen LogP contribution is 2.59. The van der Waals surface area contributed by atoms with Crippen LogP contribution in [0.25, 0.3) is 22.3 Å². The minimum Gasteiger partial charge on any atom is -0.497 e. The van der Waals surface area contributed by atoms with E-state index in [0.717, 1.165) is 39.4 Å². The summed E-state index contributed by atoms with van der Waals surface area (Å²) in [5.41, 5.74) is 6.09. The van der Waals surface area contributed by atoms with Gasteiger partial charge in [0.05, 0.1) is 36.5 Å². The number of hydrogen-bond acceptors (Lipinski definition) is 5. The lowest BCUT2D eigenvalue weighted by atomic mass is 10.1. The van der Waals surface area contributed by atoms with Gasteiger partial charge in [-0.2, -0.15) is 0 Å². The van der Waals surface area contributed by atoms with Gasteiger partial charge in [0.25, 0.3) is 0 Å². The highest BCUT2D eigenvalue weighted by atomic mass is 80.0. The van der Waals surface area contributed by atoms with E-state index in [1.54, 1.807) is 27.3 Å². The van der Waals surface area contributed by atoms with Gasteiger partial charge in [0.1, 0.15) is 15.5 Å². The van der Waals surface area contributed by atoms with E-state index in [-0.39, 0.29) is 8.86 Å². The molecule has 0 bridgehead atoms. The first-order chi connectivity index (χ1) is 18.1. The molecule has 0 radical (unpaired) electrons. The number of nitrogens with zero attached hydrogens (tertiary/aromatic N) is 2. The summed E-state index contributed by atoms with van der Waals surface area (Å²) in [5.74, 6) is 1.70. The smallest absolute Gasteiger partial charge is 0.118 e. The van der Waals surface area contributed by atoms with Gasteiger partial charge < -0.3 is 14.6 Å². The molecule has 1 N–H and O–H groups in total. The molecular formula is C28H29Br4N2O3P. The second-order valence-corrected chi connectivity index (χ2v) is 24.6. The van der Waals surface area contributed by atoms with Crippen molar-refractivity contribution in [1.82, 2.24) is 9.97 Å². The third kappa shape index (κ3) is 11.4. The quantitative estimate of drug-likeness (QED) is 0.156. The topological polar surface area (TPSA) is 64.5 Å². The van der Waals surface area contributed by atoms with Gasteiger partial charge in [-0.3, -0.25) is 9.97 Å². The Kier molecular flexibility index (Phi) is 15.0. The maximum Gasteiger partial charge on any atom is 0.118 e. The molecule has 0 amide bonds. The van der Waals surface area contributed by atoms with E-state index in [2.05, 4.69) is 85.4 Å². The van der Waals surface area contributed by atoms with Crippen molar-refractivity contribution in [2.24, 2.45) is 0 Å². The Morgan fingerprint density at radius 2 is 0.974 bits per heavy atom. The van der Waals surface area contributed by atoms with Crippen LogP contribution in [-0.2, 0) is 0 Å². The van der Waals surface area contributed by atoms with E-state index >= 15 is 0 Å². The molecule has 5 nitrogen and oxygen atoms in total. The number of ether oxygens (including phenoxy) is 2. The van der Waals surface area contributed by atoms with Crippen LogP contribution in [0.5, 0.6) is 11.5 Å². The first-order valence-corrected chi connectivity index (χ1v) is 19.8. The van der Waals surface area contributed by atoms with E-state index < -0.39 is 6.10 Å². The summed E-state index contributed by atoms with van der Waals surface area (Å²) in [5, 5.41) is 9.37. The molecule has 10 heteroatoms. The van der Waals surface area contributed by atoms with Gasteiger partial charge in [-0.15, -0.1) is 0 Å². The number of aliphatic hydroxyl groups is 1. The zero-order valence-corrected chi connectivity index (χ0v) is 28.6. The Labute approximate surface area is 258 Å². The molecule has 2 unspecified atom stereocenters. The molecule has 4 aromatic rings. The fourth-order valence-electron chi connectivity index (χ4n) is 3.20. The van der Waals surface area contributed by atoms with Crippen LogP contribution in [0, 0.1) is 0 Å². The molecule has 0 aliphatic heterocycles. The third-order valence-electron chi connectivity index (χ3n) is 5.26. The van der Waals surface area contributed by atoms with Gasteiger partial charge in [-0.25, -0.2) is 0 Å². The van der Waals surface area contributed by atoms with Crippen molar-refractivity contribution in [2.45, 2.75) is 24.8 Å². The molecule has 0 aliphatic carbocycles. The SMILES string of the molecule is BrP(Br)Br.COc1ccc(-c2ccc(C(C)Br)nc2)cc1.COc1ccc(-c2ccc(C(C)O)nc2)cc1. The monoisotopic (exact) mass is 788 g/mol. The van der Waals surface area contributed by atoms with Crippen LogP contribution >= 0.6 is 66.4 Å². The Morgan fingerprint density at radius 3 is 1.24 bits per heavy atom. The maximum absolute atomic E-state index is 9.37.